The van der Waals surface area contributed by atoms with Crippen molar-refractivity contribution >= 4 is 5.91 Å². The van der Waals surface area contributed by atoms with E-state index in [1.54, 1.807) is 0 Å². The molecule has 0 saturated carbocycles. The van der Waals surface area contributed by atoms with E-state index in [4.69, 9.17) is 5.73 Å². The van der Waals surface area contributed by atoms with Gasteiger partial charge in [0.05, 0.1) is 0 Å². The van der Waals surface area contributed by atoms with Crippen LogP contribution in [-0.2, 0) is 13.0 Å². The summed E-state index contributed by atoms with van der Waals surface area (Å²) in [5, 5.41) is 0. The van der Waals surface area contributed by atoms with Gasteiger partial charge in [-0.25, -0.2) is 0 Å². The minimum atomic E-state index is 0.156. The molecule has 0 aliphatic carbocycles. The molecular formula is C13H18N2O. The second-order valence-electron chi connectivity index (χ2n) is 4.56. The molecule has 1 amide bonds. The largest absolute Gasteiger partial charge is 0.332 e. The molecule has 0 aromatic heterocycles. The fourth-order valence-electron chi connectivity index (χ4n) is 2.11. The predicted molar refractivity (Wildman–Crippen MR) is 64.2 cm³/mol. The molecule has 0 bridgehead atoms. The zero-order valence-electron chi connectivity index (χ0n) is 9.86. The fourth-order valence-corrected chi connectivity index (χ4v) is 2.11. The molecule has 1 aliphatic heterocycles. The van der Waals surface area contributed by atoms with Gasteiger partial charge in [-0.3, -0.25) is 4.79 Å². The summed E-state index contributed by atoms with van der Waals surface area (Å²) in [6.07, 6.45) is 0.836. The van der Waals surface area contributed by atoms with Crippen LogP contribution >= 0.6 is 0 Å². The maximum atomic E-state index is 12.1. The highest BCUT2D eigenvalue weighted by atomic mass is 16.2. The van der Waals surface area contributed by atoms with Crippen molar-refractivity contribution in [1.29, 1.82) is 0 Å². The minimum absolute atomic E-state index is 0.156. The summed E-state index contributed by atoms with van der Waals surface area (Å²) in [6, 6.07) is 6.38. The van der Waals surface area contributed by atoms with Crippen LogP contribution in [0.25, 0.3) is 0 Å². The molecule has 0 unspecified atom stereocenters. The third-order valence-electron chi connectivity index (χ3n) is 3.06. The topological polar surface area (TPSA) is 46.3 Å². The lowest BCUT2D eigenvalue weighted by molar-refractivity contribution is 0.0730. The van der Waals surface area contributed by atoms with Crippen molar-refractivity contribution in [2.45, 2.75) is 32.9 Å². The molecule has 16 heavy (non-hydrogen) atoms. The molecule has 0 saturated heterocycles. The third kappa shape index (κ3) is 1.83. The van der Waals surface area contributed by atoms with Gasteiger partial charge in [0.2, 0.25) is 0 Å². The van der Waals surface area contributed by atoms with E-state index in [1.807, 2.05) is 24.8 Å². The third-order valence-corrected chi connectivity index (χ3v) is 3.06. The Hall–Kier alpha value is -1.35. The molecule has 1 aliphatic rings. The molecular weight excluding hydrogens is 200 g/mol. The second kappa shape index (κ2) is 4.26. The summed E-state index contributed by atoms with van der Waals surface area (Å²) in [5.74, 6) is 0.156. The Morgan fingerprint density at radius 3 is 2.81 bits per heavy atom. The van der Waals surface area contributed by atoms with E-state index < -0.39 is 0 Å². The van der Waals surface area contributed by atoms with E-state index in [9.17, 15) is 4.79 Å². The number of nitrogens with zero attached hydrogens (tertiary/aromatic N) is 1. The van der Waals surface area contributed by atoms with Crippen molar-refractivity contribution < 1.29 is 4.79 Å². The van der Waals surface area contributed by atoms with E-state index in [-0.39, 0.29) is 11.9 Å². The monoisotopic (exact) mass is 218 g/mol. The van der Waals surface area contributed by atoms with Crippen molar-refractivity contribution in [1.82, 2.24) is 4.90 Å². The lowest BCUT2D eigenvalue weighted by atomic mass is 10.0. The van der Waals surface area contributed by atoms with Gasteiger partial charge in [-0.1, -0.05) is 12.1 Å². The van der Waals surface area contributed by atoms with Crippen LogP contribution in [-0.4, -0.2) is 23.4 Å². The van der Waals surface area contributed by atoms with Crippen molar-refractivity contribution in [3.63, 3.8) is 0 Å². The summed E-state index contributed by atoms with van der Waals surface area (Å²) in [4.78, 5) is 14.0. The molecule has 1 aromatic carbocycles. The van der Waals surface area contributed by atoms with Gasteiger partial charge in [0.15, 0.2) is 0 Å². The van der Waals surface area contributed by atoms with Crippen LogP contribution in [0.4, 0.5) is 0 Å². The maximum Gasteiger partial charge on any atom is 0.254 e. The first-order valence-electron chi connectivity index (χ1n) is 5.76. The zero-order chi connectivity index (χ0) is 11.7. The summed E-state index contributed by atoms with van der Waals surface area (Å²) in [7, 11) is 0. The average molecular weight is 218 g/mol. The number of nitrogens with two attached hydrogens (primary N) is 1. The van der Waals surface area contributed by atoms with Crippen LogP contribution in [0.1, 0.15) is 35.3 Å². The van der Waals surface area contributed by atoms with Crippen LogP contribution in [0, 0.1) is 0 Å². The van der Waals surface area contributed by atoms with Gasteiger partial charge >= 0.3 is 0 Å². The smallest absolute Gasteiger partial charge is 0.254 e. The number of hydrogen-bond acceptors (Lipinski definition) is 2. The second-order valence-corrected chi connectivity index (χ2v) is 4.56. The molecule has 0 fully saturated rings. The first kappa shape index (κ1) is 11.1. The standard InChI is InChI=1S/C13H18N2O/c1-9(2)15-8-11-4-3-10(5-6-14)7-12(11)13(15)16/h3-4,7,9H,5-6,8,14H2,1-2H3. The van der Waals surface area contributed by atoms with Gasteiger partial charge in [0.1, 0.15) is 0 Å². The first-order valence-corrected chi connectivity index (χ1v) is 5.76. The highest BCUT2D eigenvalue weighted by Crippen LogP contribution is 2.25. The fraction of sp³-hybridized carbons (Fsp3) is 0.462. The molecule has 0 spiro atoms. The molecule has 0 radical (unpaired) electrons. The number of carbonyl (C=O) groups is 1. The van der Waals surface area contributed by atoms with E-state index >= 15 is 0 Å². The molecule has 2 rings (SSSR count). The van der Waals surface area contributed by atoms with Crippen molar-refractivity contribution in [2.75, 3.05) is 6.54 Å². The molecule has 1 heterocycles. The Balaban J connectivity index is 2.30. The molecule has 86 valence electrons. The van der Waals surface area contributed by atoms with E-state index in [1.165, 1.54) is 0 Å². The molecule has 1 aromatic rings. The summed E-state index contributed by atoms with van der Waals surface area (Å²) < 4.78 is 0. The first-order chi connectivity index (χ1) is 7.63. The van der Waals surface area contributed by atoms with Gasteiger partial charge < -0.3 is 10.6 Å². The van der Waals surface area contributed by atoms with Gasteiger partial charge in [-0.2, -0.15) is 0 Å². The van der Waals surface area contributed by atoms with Crippen LogP contribution in [0.3, 0.4) is 0 Å². The van der Waals surface area contributed by atoms with Crippen LogP contribution < -0.4 is 5.73 Å². The minimum Gasteiger partial charge on any atom is -0.332 e. The lowest BCUT2D eigenvalue weighted by Crippen LogP contribution is -2.30. The SMILES string of the molecule is CC(C)N1Cc2ccc(CCN)cc2C1=O. The molecule has 0 atom stereocenters. The van der Waals surface area contributed by atoms with Gasteiger partial charge in [-0.15, -0.1) is 0 Å². The Morgan fingerprint density at radius 2 is 2.19 bits per heavy atom. The summed E-state index contributed by atoms with van der Waals surface area (Å²) in [6.45, 7) is 5.46. The van der Waals surface area contributed by atoms with Crippen molar-refractivity contribution in [3.8, 4) is 0 Å². The van der Waals surface area contributed by atoms with Crippen LogP contribution in [0.5, 0.6) is 0 Å². The number of carbonyl (C=O) groups excluding carboxylic acids is 1. The normalized spacial score (nSPS) is 14.8. The predicted octanol–water partition coefficient (Wildman–Crippen LogP) is 1.55. The van der Waals surface area contributed by atoms with Gasteiger partial charge in [0, 0.05) is 18.2 Å². The number of fused-ring (bicyclic) bond motifs is 1. The summed E-state index contributed by atoms with van der Waals surface area (Å²) >= 11 is 0. The Labute approximate surface area is 96.2 Å². The number of rotatable bonds is 3. The van der Waals surface area contributed by atoms with Gasteiger partial charge in [0.25, 0.3) is 5.91 Å². The van der Waals surface area contributed by atoms with Crippen LogP contribution in [0.15, 0.2) is 18.2 Å². The van der Waals surface area contributed by atoms with E-state index in [0.29, 0.717) is 6.54 Å². The van der Waals surface area contributed by atoms with E-state index in [2.05, 4.69) is 12.1 Å². The maximum absolute atomic E-state index is 12.1. The highest BCUT2D eigenvalue weighted by Gasteiger charge is 2.28. The molecule has 3 heteroatoms. The number of hydrogen-bond donors (Lipinski definition) is 1. The average Bonchev–Trinajstić information content (AvgIpc) is 2.57. The highest BCUT2D eigenvalue weighted by molar-refractivity contribution is 5.98. The van der Waals surface area contributed by atoms with Crippen molar-refractivity contribution in [3.05, 3.63) is 34.9 Å². The van der Waals surface area contributed by atoms with Gasteiger partial charge in [-0.05, 0) is 44.0 Å². The molecule has 2 N–H and O–H groups in total. The molecule has 3 nitrogen and oxygen atoms in total. The lowest BCUT2D eigenvalue weighted by Gasteiger charge is -2.19. The quantitative estimate of drug-likeness (QED) is 0.836. The van der Waals surface area contributed by atoms with Crippen LogP contribution in [0.2, 0.25) is 0 Å². The Morgan fingerprint density at radius 1 is 1.44 bits per heavy atom. The zero-order valence-corrected chi connectivity index (χ0v) is 9.86. The van der Waals surface area contributed by atoms with Crippen molar-refractivity contribution in [2.24, 2.45) is 5.73 Å². The summed E-state index contributed by atoms with van der Waals surface area (Å²) in [5.41, 5.74) is 8.67. The van der Waals surface area contributed by atoms with E-state index in [0.717, 1.165) is 29.7 Å². The number of amides is 1. The number of benzene rings is 1. The Bertz CT molecular complexity index is 412. The Kier molecular flexibility index (Phi) is 2.97.